The Bertz CT molecular complexity index is 1780. The second-order valence-electron chi connectivity index (χ2n) is 14.2. The summed E-state index contributed by atoms with van der Waals surface area (Å²) in [5.74, 6) is -3.56. The van der Waals surface area contributed by atoms with Crippen molar-refractivity contribution in [1.82, 2.24) is 9.80 Å². The van der Waals surface area contributed by atoms with Gasteiger partial charge in [0.15, 0.2) is 8.32 Å². The highest BCUT2D eigenvalue weighted by atomic mass is 32.2. The number of rotatable bonds is 12. The van der Waals surface area contributed by atoms with E-state index < -0.39 is 74.9 Å². The predicted octanol–water partition coefficient (Wildman–Crippen LogP) is 5.65. The zero-order valence-corrected chi connectivity index (χ0v) is 30.8. The number of aliphatic carboxylic acids is 1. The van der Waals surface area contributed by atoms with Crippen molar-refractivity contribution in [3.63, 3.8) is 0 Å². The number of nitro benzene ring substituents is 1. The van der Waals surface area contributed by atoms with Gasteiger partial charge < -0.3 is 14.4 Å². The molecule has 1 saturated heterocycles. The van der Waals surface area contributed by atoms with Gasteiger partial charge in [0.2, 0.25) is 15.7 Å². The average molecular weight is 700 g/mol. The molecule has 2 aromatic rings. The first kappa shape index (κ1) is 36.9. The first-order valence-corrected chi connectivity index (χ1v) is 20.4. The number of carboxylic acid groups (broad SMARTS) is 1. The molecule has 260 valence electrons. The Morgan fingerprint density at radius 2 is 1.67 bits per heavy atom. The SMILES string of the molecule is CCN(CC)C(=O)c1ccccc1S(=O)(=O)C1=C(C(=O)O)N2C(=O)[C@H]([C@@H](C)O[Si](C)(C)C(C)(C)C)[C@H]2[C@@]1(C)Cc1ccc([N+](=O)[O-])cc1. The number of carbonyl (C=O) groups excluding carboxylic acids is 2. The van der Waals surface area contributed by atoms with Gasteiger partial charge in [0.1, 0.15) is 5.70 Å². The van der Waals surface area contributed by atoms with Crippen LogP contribution in [0, 0.1) is 21.4 Å². The van der Waals surface area contributed by atoms with Crippen LogP contribution < -0.4 is 0 Å². The average Bonchev–Trinajstić information content (AvgIpc) is 3.22. The van der Waals surface area contributed by atoms with Crippen LogP contribution in [0.3, 0.4) is 0 Å². The van der Waals surface area contributed by atoms with Gasteiger partial charge in [0, 0.05) is 30.6 Å². The third-order valence-electron chi connectivity index (χ3n) is 10.2. The Labute approximate surface area is 283 Å². The molecule has 0 bridgehead atoms. The highest BCUT2D eigenvalue weighted by molar-refractivity contribution is 7.95. The monoisotopic (exact) mass is 699 g/mol. The van der Waals surface area contributed by atoms with Crippen LogP contribution in [0.4, 0.5) is 5.69 Å². The molecule has 1 fully saturated rings. The zero-order valence-electron chi connectivity index (χ0n) is 28.9. The van der Waals surface area contributed by atoms with Crippen molar-refractivity contribution < 1.29 is 37.3 Å². The zero-order chi connectivity index (χ0) is 36.1. The van der Waals surface area contributed by atoms with E-state index in [2.05, 4.69) is 20.8 Å². The minimum Gasteiger partial charge on any atom is -0.477 e. The van der Waals surface area contributed by atoms with E-state index in [1.165, 1.54) is 47.4 Å². The Hall–Kier alpha value is -3.88. The highest BCUT2D eigenvalue weighted by Gasteiger charge is 2.69. The summed E-state index contributed by atoms with van der Waals surface area (Å²) in [6.07, 6.45) is -0.746. The van der Waals surface area contributed by atoms with Crippen molar-refractivity contribution in [2.75, 3.05) is 13.1 Å². The van der Waals surface area contributed by atoms with Crippen molar-refractivity contribution in [3.8, 4) is 0 Å². The summed E-state index contributed by atoms with van der Waals surface area (Å²) >= 11 is 0. The number of hydrogen-bond donors (Lipinski definition) is 1. The lowest BCUT2D eigenvalue weighted by atomic mass is 9.67. The quantitative estimate of drug-likeness (QED) is 0.128. The third-order valence-corrected chi connectivity index (χ3v) is 16.9. The summed E-state index contributed by atoms with van der Waals surface area (Å²) in [4.78, 5) is 53.1. The van der Waals surface area contributed by atoms with Crippen LogP contribution in [0.2, 0.25) is 18.1 Å². The first-order valence-electron chi connectivity index (χ1n) is 16.0. The normalized spacial score (nSPS) is 21.9. The number of fused-ring (bicyclic) bond motifs is 1. The predicted molar refractivity (Wildman–Crippen MR) is 182 cm³/mol. The standard InChI is InChI=1S/C34H45N3O9SSi/c1-10-35(11-2)30(38)24-14-12-13-15-25(24)47(44,45)29-27(32(40)41)36-28(26(31(36)39)21(3)46-48(8,9)33(4,5)6)34(29,7)20-22-16-18-23(19-17-22)37(42)43/h12-19,21,26,28H,10-11,20H2,1-9H3,(H,40,41)/t21-,26-,28+,34-/m1/s1. The lowest BCUT2D eigenvalue weighted by Crippen LogP contribution is -2.67. The van der Waals surface area contributed by atoms with E-state index in [0.717, 1.165) is 4.90 Å². The van der Waals surface area contributed by atoms with Gasteiger partial charge in [-0.1, -0.05) is 52.0 Å². The molecule has 0 radical (unpaired) electrons. The number of carboxylic acids is 1. The van der Waals surface area contributed by atoms with Gasteiger partial charge in [0.05, 0.1) is 38.4 Å². The van der Waals surface area contributed by atoms with Crippen LogP contribution in [0.15, 0.2) is 64.0 Å². The van der Waals surface area contributed by atoms with E-state index >= 15 is 0 Å². The molecule has 2 aromatic carbocycles. The Kier molecular flexibility index (Phi) is 9.90. The summed E-state index contributed by atoms with van der Waals surface area (Å²) < 4.78 is 36.5. The van der Waals surface area contributed by atoms with E-state index in [0.29, 0.717) is 18.7 Å². The molecule has 4 rings (SSSR count). The molecule has 12 nitrogen and oxygen atoms in total. The maximum absolute atomic E-state index is 14.9. The topological polar surface area (TPSA) is 164 Å². The molecule has 2 aliphatic heterocycles. The summed E-state index contributed by atoms with van der Waals surface area (Å²) in [6.45, 7) is 17.8. The van der Waals surface area contributed by atoms with Gasteiger partial charge in [-0.3, -0.25) is 24.6 Å². The van der Waals surface area contributed by atoms with Crippen molar-refractivity contribution in [3.05, 3.63) is 80.4 Å². The van der Waals surface area contributed by atoms with Gasteiger partial charge in [-0.05, 0) is 63.0 Å². The molecule has 2 amide bonds. The van der Waals surface area contributed by atoms with E-state index in [1.54, 1.807) is 33.8 Å². The van der Waals surface area contributed by atoms with Gasteiger partial charge in [-0.25, -0.2) is 13.2 Å². The number of amides is 2. The second-order valence-corrected chi connectivity index (χ2v) is 20.9. The minimum absolute atomic E-state index is 0.0692. The fourth-order valence-electron chi connectivity index (χ4n) is 6.78. The summed E-state index contributed by atoms with van der Waals surface area (Å²) in [5.41, 5.74) is -1.95. The van der Waals surface area contributed by atoms with Crippen LogP contribution in [-0.4, -0.2) is 79.6 Å². The summed E-state index contributed by atoms with van der Waals surface area (Å²) in [7, 11) is -7.18. The molecule has 2 aliphatic rings. The second kappa shape index (κ2) is 12.9. The third kappa shape index (κ3) is 6.09. The molecular formula is C34H45N3O9SSi. The number of nitro groups is 1. The lowest BCUT2D eigenvalue weighted by Gasteiger charge is -2.53. The molecular weight excluding hydrogens is 655 g/mol. The highest BCUT2D eigenvalue weighted by Crippen LogP contribution is 2.59. The minimum atomic E-state index is -4.75. The maximum Gasteiger partial charge on any atom is 0.353 e. The van der Waals surface area contributed by atoms with Crippen molar-refractivity contribution in [2.45, 2.75) is 90.1 Å². The summed E-state index contributed by atoms with van der Waals surface area (Å²) in [5, 5.41) is 21.8. The molecule has 0 unspecified atom stereocenters. The molecule has 0 saturated carbocycles. The Morgan fingerprint density at radius 1 is 1.10 bits per heavy atom. The molecule has 1 N–H and O–H groups in total. The van der Waals surface area contributed by atoms with Gasteiger partial charge in [-0.2, -0.15) is 0 Å². The number of non-ortho nitro benzene ring substituents is 1. The van der Waals surface area contributed by atoms with E-state index in [1.807, 2.05) is 13.1 Å². The fraction of sp³-hybridized carbons (Fsp3) is 0.500. The molecule has 0 aromatic heterocycles. The van der Waals surface area contributed by atoms with Crippen LogP contribution in [0.25, 0.3) is 0 Å². The fourth-order valence-corrected chi connectivity index (χ4v) is 10.4. The van der Waals surface area contributed by atoms with Crippen molar-refractivity contribution in [1.29, 1.82) is 0 Å². The van der Waals surface area contributed by atoms with Crippen LogP contribution in [-0.2, 0) is 30.3 Å². The molecule has 48 heavy (non-hydrogen) atoms. The van der Waals surface area contributed by atoms with Crippen LogP contribution in [0.1, 0.15) is 64.4 Å². The smallest absolute Gasteiger partial charge is 0.353 e. The Balaban J connectivity index is 1.96. The Morgan fingerprint density at radius 3 is 2.17 bits per heavy atom. The van der Waals surface area contributed by atoms with E-state index in [-0.39, 0.29) is 27.6 Å². The maximum atomic E-state index is 14.9. The van der Waals surface area contributed by atoms with Crippen molar-refractivity contribution >= 4 is 41.6 Å². The molecule has 0 spiro atoms. The van der Waals surface area contributed by atoms with Crippen molar-refractivity contribution in [2.24, 2.45) is 11.3 Å². The number of hydrogen-bond acceptors (Lipinski definition) is 8. The number of sulfone groups is 1. The van der Waals surface area contributed by atoms with E-state index in [4.69, 9.17) is 4.43 Å². The molecule has 0 aliphatic carbocycles. The van der Waals surface area contributed by atoms with Gasteiger partial charge in [0.25, 0.3) is 11.6 Å². The molecule has 4 atom stereocenters. The number of carbonyl (C=O) groups is 3. The van der Waals surface area contributed by atoms with E-state index in [9.17, 15) is 38.0 Å². The van der Waals surface area contributed by atoms with Crippen LogP contribution in [0.5, 0.6) is 0 Å². The van der Waals surface area contributed by atoms with Gasteiger partial charge >= 0.3 is 5.97 Å². The summed E-state index contributed by atoms with van der Waals surface area (Å²) in [6, 6.07) is 10.4. The number of benzene rings is 2. The van der Waals surface area contributed by atoms with Crippen LogP contribution >= 0.6 is 0 Å². The lowest BCUT2D eigenvalue weighted by molar-refractivity contribution is -0.384. The number of β-lactam (4-membered cyclic amide) rings is 1. The molecule has 14 heteroatoms. The first-order chi connectivity index (χ1) is 22.1. The van der Waals surface area contributed by atoms with Gasteiger partial charge in [-0.15, -0.1) is 0 Å². The molecule has 2 heterocycles. The number of nitrogens with zero attached hydrogens (tertiary/aromatic N) is 3. The largest absolute Gasteiger partial charge is 0.477 e.